The Labute approximate surface area is 221 Å². The van der Waals surface area contributed by atoms with Gasteiger partial charge in [-0.3, -0.25) is 19.3 Å². The highest BCUT2D eigenvalue weighted by molar-refractivity contribution is 6.24. The number of primary amides is 1. The molecule has 0 heterocycles. The van der Waals surface area contributed by atoms with Crippen LogP contribution in [-0.2, 0) is 27.2 Å². The normalized spacial score (nSPS) is 29.8. The predicted molar refractivity (Wildman–Crippen MR) is 139 cm³/mol. The zero-order valence-corrected chi connectivity index (χ0v) is 21.9. The van der Waals surface area contributed by atoms with Gasteiger partial charge in [-0.05, 0) is 68.8 Å². The van der Waals surface area contributed by atoms with Crippen molar-refractivity contribution >= 4 is 23.2 Å². The molecule has 0 spiro atoms. The molecule has 9 nitrogen and oxygen atoms in total. The molecule has 9 heteroatoms. The quantitative estimate of drug-likeness (QED) is 0.367. The molecule has 0 aromatic heterocycles. The number of nitrogens with zero attached hydrogens (tertiary/aromatic N) is 1. The van der Waals surface area contributed by atoms with Crippen molar-refractivity contribution in [2.24, 2.45) is 23.5 Å². The first-order chi connectivity index (χ1) is 18.0. The highest BCUT2D eigenvalue weighted by Crippen LogP contribution is 2.53. The maximum Gasteiger partial charge on any atom is 0.255 e. The Hall–Kier alpha value is -3.17. The van der Waals surface area contributed by atoms with Gasteiger partial charge in [0.25, 0.3) is 5.91 Å². The summed E-state index contributed by atoms with van der Waals surface area (Å²) in [7, 11) is 3.18. The van der Waals surface area contributed by atoms with Crippen LogP contribution in [0.15, 0.2) is 29.0 Å². The smallest absolute Gasteiger partial charge is 0.255 e. The van der Waals surface area contributed by atoms with Crippen LogP contribution in [0, 0.1) is 17.8 Å². The number of hydrogen-bond acceptors (Lipinski definition) is 8. The lowest BCUT2D eigenvalue weighted by Crippen LogP contribution is -2.65. The summed E-state index contributed by atoms with van der Waals surface area (Å²) in [6.07, 6.45) is 8.40. The van der Waals surface area contributed by atoms with E-state index in [2.05, 4.69) is 0 Å². The molecule has 0 saturated heterocycles. The predicted octanol–water partition coefficient (Wildman–Crippen LogP) is 2.48. The molecule has 2 fully saturated rings. The van der Waals surface area contributed by atoms with E-state index in [9.17, 15) is 34.8 Å². The highest BCUT2D eigenvalue weighted by atomic mass is 16.3. The number of carbonyl (C=O) groups excluding carboxylic acids is 3. The molecule has 6 N–H and O–H groups in total. The topological polar surface area (TPSA) is 161 Å². The van der Waals surface area contributed by atoms with Crippen LogP contribution in [0.5, 0.6) is 5.75 Å². The number of phenols is 1. The van der Waals surface area contributed by atoms with Crippen LogP contribution < -0.4 is 5.73 Å². The lowest BCUT2D eigenvalue weighted by atomic mass is 9.57. The van der Waals surface area contributed by atoms with Gasteiger partial charge in [-0.2, -0.15) is 0 Å². The summed E-state index contributed by atoms with van der Waals surface area (Å²) in [6, 6.07) is 2.31. The van der Waals surface area contributed by atoms with Gasteiger partial charge in [0, 0.05) is 11.5 Å². The van der Waals surface area contributed by atoms with Gasteiger partial charge >= 0.3 is 0 Å². The van der Waals surface area contributed by atoms with Crippen LogP contribution in [0.3, 0.4) is 0 Å². The highest BCUT2D eigenvalue weighted by Gasteiger charge is 2.64. The number of amides is 1. The van der Waals surface area contributed by atoms with E-state index in [0.29, 0.717) is 12.3 Å². The molecule has 0 unspecified atom stereocenters. The van der Waals surface area contributed by atoms with Gasteiger partial charge in [0.2, 0.25) is 5.78 Å². The molecule has 4 atom stereocenters. The molecule has 4 aliphatic rings. The van der Waals surface area contributed by atoms with E-state index in [-0.39, 0.29) is 23.3 Å². The van der Waals surface area contributed by atoms with E-state index in [1.165, 1.54) is 43.1 Å². The average Bonchev–Trinajstić information content (AvgIpc) is 2.86. The zero-order chi connectivity index (χ0) is 27.5. The van der Waals surface area contributed by atoms with Gasteiger partial charge in [-0.15, -0.1) is 0 Å². The minimum Gasteiger partial charge on any atom is -0.508 e. The number of ketones is 2. The third kappa shape index (κ3) is 3.86. The molecule has 0 bridgehead atoms. The maximum atomic E-state index is 13.9. The van der Waals surface area contributed by atoms with Gasteiger partial charge in [0.05, 0.1) is 11.6 Å². The van der Waals surface area contributed by atoms with Crippen LogP contribution in [0.2, 0.25) is 0 Å². The van der Waals surface area contributed by atoms with Gasteiger partial charge in [-0.25, -0.2) is 0 Å². The Morgan fingerprint density at radius 3 is 2.42 bits per heavy atom. The number of aromatic hydroxyl groups is 1. The Balaban J connectivity index is 1.60. The van der Waals surface area contributed by atoms with Crippen molar-refractivity contribution in [3.05, 3.63) is 45.7 Å². The zero-order valence-electron chi connectivity index (χ0n) is 21.9. The Morgan fingerprint density at radius 2 is 1.79 bits per heavy atom. The molecule has 0 radical (unpaired) electrons. The van der Waals surface area contributed by atoms with E-state index in [4.69, 9.17) is 5.73 Å². The van der Waals surface area contributed by atoms with Crippen LogP contribution in [-0.4, -0.2) is 68.5 Å². The van der Waals surface area contributed by atoms with Crippen LogP contribution in [0.25, 0.3) is 5.76 Å². The van der Waals surface area contributed by atoms with Crippen molar-refractivity contribution in [2.75, 3.05) is 14.1 Å². The number of benzene rings is 1. The van der Waals surface area contributed by atoms with Gasteiger partial charge in [0.1, 0.15) is 22.8 Å². The lowest BCUT2D eigenvalue weighted by molar-refractivity contribution is -0.153. The standard InChI is InChI=1S/C29H36N2O7/c1-31(2)23-18-13-16-12-17-15(9-8-14-6-4-3-5-7-14)10-11-19(32)21(17)24(33)20(16)26(35)29(18,38)27(36)22(25(23)34)28(30)37/h10-11,14,16,18,23,32-33,36,38H,3-9,12-13H2,1-2H3,(H2,30,37)/t16-,18-,23-,29-/m0/s1. The third-order valence-corrected chi connectivity index (χ3v) is 9.25. The number of rotatable bonds is 5. The number of aryl methyl sites for hydroxylation is 1. The number of aliphatic hydroxyl groups excluding tert-OH is 2. The first kappa shape index (κ1) is 26.4. The lowest BCUT2D eigenvalue weighted by Gasteiger charge is -2.50. The van der Waals surface area contributed by atoms with Crippen LogP contribution in [0.4, 0.5) is 0 Å². The van der Waals surface area contributed by atoms with Crippen LogP contribution in [0.1, 0.15) is 61.6 Å². The molecular weight excluding hydrogens is 488 g/mol. The fourth-order valence-corrected chi connectivity index (χ4v) is 7.38. The first-order valence-corrected chi connectivity index (χ1v) is 13.5. The second-order valence-electron chi connectivity index (χ2n) is 11.6. The van der Waals surface area contributed by atoms with Crippen molar-refractivity contribution in [2.45, 2.75) is 69.4 Å². The van der Waals surface area contributed by atoms with Gasteiger partial charge in [-0.1, -0.05) is 38.2 Å². The van der Waals surface area contributed by atoms with E-state index in [0.717, 1.165) is 24.0 Å². The van der Waals surface area contributed by atoms with E-state index in [1.807, 2.05) is 6.07 Å². The molecule has 1 amide bonds. The summed E-state index contributed by atoms with van der Waals surface area (Å²) in [5, 5.41) is 44.7. The van der Waals surface area contributed by atoms with E-state index >= 15 is 0 Å². The Morgan fingerprint density at radius 1 is 1.11 bits per heavy atom. The number of aliphatic hydroxyl groups is 3. The number of Topliss-reactive ketones (excluding diaryl/α,β-unsaturated/α-hetero) is 2. The van der Waals surface area contributed by atoms with Gasteiger partial charge < -0.3 is 26.2 Å². The number of hydrogen-bond donors (Lipinski definition) is 5. The monoisotopic (exact) mass is 524 g/mol. The van der Waals surface area contributed by atoms with Crippen molar-refractivity contribution in [1.29, 1.82) is 0 Å². The van der Waals surface area contributed by atoms with Crippen molar-refractivity contribution in [3.63, 3.8) is 0 Å². The molecule has 4 aliphatic carbocycles. The molecule has 5 rings (SSSR count). The minimum absolute atomic E-state index is 0.101. The number of nitrogens with two attached hydrogens (primary N) is 1. The molecule has 0 aliphatic heterocycles. The molecular formula is C29H36N2O7. The molecule has 204 valence electrons. The van der Waals surface area contributed by atoms with Crippen molar-refractivity contribution in [1.82, 2.24) is 4.90 Å². The Kier molecular flexibility index (Phi) is 6.64. The van der Waals surface area contributed by atoms with Crippen molar-refractivity contribution < 1.29 is 34.8 Å². The summed E-state index contributed by atoms with van der Waals surface area (Å²) < 4.78 is 0. The third-order valence-electron chi connectivity index (χ3n) is 9.25. The fourth-order valence-electron chi connectivity index (χ4n) is 7.38. The largest absolute Gasteiger partial charge is 0.508 e. The summed E-state index contributed by atoms with van der Waals surface area (Å²) in [6.45, 7) is 0. The first-order valence-electron chi connectivity index (χ1n) is 13.5. The molecule has 2 saturated carbocycles. The summed E-state index contributed by atoms with van der Waals surface area (Å²) >= 11 is 0. The van der Waals surface area contributed by atoms with Crippen molar-refractivity contribution in [3.8, 4) is 5.75 Å². The number of phenolic OH excluding ortho intramolecular Hbond substituents is 1. The fraction of sp³-hybridized carbons (Fsp3) is 0.552. The average molecular weight is 525 g/mol. The second kappa shape index (κ2) is 9.54. The summed E-state index contributed by atoms with van der Waals surface area (Å²) in [5.41, 5.74) is 3.78. The van der Waals surface area contributed by atoms with Gasteiger partial charge in [0.15, 0.2) is 11.4 Å². The van der Waals surface area contributed by atoms with E-state index in [1.54, 1.807) is 14.1 Å². The summed E-state index contributed by atoms with van der Waals surface area (Å²) in [4.78, 5) is 40.7. The minimum atomic E-state index is -2.61. The number of fused-ring (bicyclic) bond motifs is 3. The summed E-state index contributed by atoms with van der Waals surface area (Å²) in [5.74, 6) is -5.62. The van der Waals surface area contributed by atoms with E-state index < -0.39 is 58.0 Å². The number of likely N-dealkylation sites (N-methyl/N-ethyl adjacent to an activating group) is 1. The molecule has 38 heavy (non-hydrogen) atoms. The molecule has 1 aromatic carbocycles. The Bertz CT molecular complexity index is 1270. The van der Waals surface area contributed by atoms with Crippen LogP contribution >= 0.6 is 0 Å². The SMILES string of the molecule is CN(C)[C@@H]1C(=O)C(C(N)=O)=C(O)[C@@]2(O)C(=O)C3=C(O)c4c(O)ccc(CCC5CCCCC5)c4C[C@H]3C[C@@H]12. The second-order valence-corrected chi connectivity index (χ2v) is 11.6. The number of carbonyl (C=O) groups is 3. The maximum absolute atomic E-state index is 13.9. The molecule has 1 aromatic rings.